The van der Waals surface area contributed by atoms with Crippen molar-refractivity contribution in [1.82, 2.24) is 10.6 Å². The Labute approximate surface area is 151 Å². The van der Waals surface area contributed by atoms with Gasteiger partial charge in [-0.05, 0) is 50.9 Å². The lowest BCUT2D eigenvalue weighted by Gasteiger charge is -2.17. The van der Waals surface area contributed by atoms with Crippen LogP contribution in [0.2, 0.25) is 0 Å². The van der Waals surface area contributed by atoms with Crippen LogP contribution < -0.4 is 15.4 Å². The summed E-state index contributed by atoms with van der Waals surface area (Å²) in [5.74, 6) is -0.0763. The second kappa shape index (κ2) is 9.29. The molecule has 1 aromatic rings. The molecule has 1 aliphatic rings. The molecule has 0 radical (unpaired) electrons. The number of rotatable bonds is 6. The Morgan fingerprint density at radius 3 is 2.68 bits per heavy atom. The summed E-state index contributed by atoms with van der Waals surface area (Å²) in [6.07, 6.45) is -2.48. The first-order valence-corrected chi connectivity index (χ1v) is 8.12. The maximum Gasteiger partial charge on any atom is 0.416 e. The Morgan fingerprint density at radius 1 is 1.40 bits per heavy atom. The third kappa shape index (κ3) is 6.74. The fourth-order valence-corrected chi connectivity index (χ4v) is 2.74. The second-order valence-corrected chi connectivity index (χ2v) is 6.26. The van der Waals surface area contributed by atoms with E-state index in [1.807, 2.05) is 0 Å². The van der Waals surface area contributed by atoms with Crippen molar-refractivity contribution in [2.75, 3.05) is 6.54 Å². The quantitative estimate of drug-likeness (QED) is 0.791. The summed E-state index contributed by atoms with van der Waals surface area (Å²) in [7, 11) is 0. The molecule has 2 rings (SSSR count). The number of carbonyl (C=O) groups is 1. The first-order chi connectivity index (χ1) is 11.3. The molecule has 0 aromatic heterocycles. The molecule has 25 heavy (non-hydrogen) atoms. The Morgan fingerprint density at radius 2 is 2.12 bits per heavy atom. The molecule has 4 nitrogen and oxygen atoms in total. The first-order valence-electron chi connectivity index (χ1n) is 8.12. The molecule has 1 unspecified atom stereocenters. The highest BCUT2D eigenvalue weighted by molar-refractivity contribution is 5.85. The Balaban J connectivity index is 0.00000312. The van der Waals surface area contributed by atoms with Crippen LogP contribution in [0.5, 0.6) is 5.75 Å². The molecule has 1 atom stereocenters. The van der Waals surface area contributed by atoms with E-state index in [0.717, 1.165) is 25.5 Å². The number of alkyl halides is 3. The highest BCUT2D eigenvalue weighted by Crippen LogP contribution is 2.34. The predicted molar refractivity (Wildman–Crippen MR) is 91.9 cm³/mol. The molecule has 1 aliphatic heterocycles. The topological polar surface area (TPSA) is 50.4 Å². The van der Waals surface area contributed by atoms with Gasteiger partial charge in [-0.3, -0.25) is 4.79 Å². The van der Waals surface area contributed by atoms with Crippen molar-refractivity contribution in [3.8, 4) is 5.75 Å². The zero-order valence-electron chi connectivity index (χ0n) is 14.3. The molecule has 1 saturated heterocycles. The summed E-state index contributed by atoms with van der Waals surface area (Å²) in [6.45, 7) is 4.23. The number of benzene rings is 1. The SMILES string of the molecule is CC(C)Oc1ccc(CNC(=O)CC2CCCN2)c(C(F)(F)F)c1.Cl. The van der Waals surface area contributed by atoms with Gasteiger partial charge in [0.25, 0.3) is 0 Å². The van der Waals surface area contributed by atoms with Gasteiger partial charge in [-0.15, -0.1) is 12.4 Å². The van der Waals surface area contributed by atoms with E-state index in [0.29, 0.717) is 0 Å². The molecular formula is C17H24ClF3N2O2. The molecule has 0 spiro atoms. The van der Waals surface area contributed by atoms with Crippen LogP contribution >= 0.6 is 12.4 Å². The van der Waals surface area contributed by atoms with E-state index in [9.17, 15) is 18.0 Å². The summed E-state index contributed by atoms with van der Waals surface area (Å²) in [5, 5.41) is 5.77. The number of carbonyl (C=O) groups excluding carboxylic acids is 1. The summed E-state index contributed by atoms with van der Waals surface area (Å²) >= 11 is 0. The predicted octanol–water partition coefficient (Wildman–Crippen LogP) is 3.67. The van der Waals surface area contributed by atoms with Gasteiger partial charge < -0.3 is 15.4 Å². The van der Waals surface area contributed by atoms with E-state index < -0.39 is 11.7 Å². The van der Waals surface area contributed by atoms with Crippen molar-refractivity contribution in [1.29, 1.82) is 0 Å². The summed E-state index contributed by atoms with van der Waals surface area (Å²) in [5.41, 5.74) is -0.744. The Kier molecular flexibility index (Phi) is 8.02. The van der Waals surface area contributed by atoms with Crippen LogP contribution in [0, 0.1) is 0 Å². The van der Waals surface area contributed by atoms with E-state index in [4.69, 9.17) is 4.74 Å². The number of halogens is 4. The number of hydrogen-bond acceptors (Lipinski definition) is 3. The molecule has 1 heterocycles. The maximum absolute atomic E-state index is 13.2. The molecule has 1 amide bonds. The minimum Gasteiger partial charge on any atom is -0.491 e. The lowest BCUT2D eigenvalue weighted by Crippen LogP contribution is -2.32. The zero-order chi connectivity index (χ0) is 17.7. The molecule has 0 saturated carbocycles. The van der Waals surface area contributed by atoms with E-state index in [1.54, 1.807) is 13.8 Å². The standard InChI is InChI=1S/C17H23F3N2O2.ClH/c1-11(2)24-14-6-5-12(15(9-14)17(18,19)20)10-22-16(23)8-13-4-3-7-21-13;/h5-6,9,11,13,21H,3-4,7-8,10H2,1-2H3,(H,22,23);1H. The van der Waals surface area contributed by atoms with Crippen LogP contribution in [0.15, 0.2) is 18.2 Å². The molecule has 1 fully saturated rings. The first kappa shape index (κ1) is 21.6. The molecule has 8 heteroatoms. The fourth-order valence-electron chi connectivity index (χ4n) is 2.74. The largest absolute Gasteiger partial charge is 0.491 e. The van der Waals surface area contributed by atoms with Crippen molar-refractivity contribution < 1.29 is 22.7 Å². The van der Waals surface area contributed by atoms with Crippen molar-refractivity contribution in [3.05, 3.63) is 29.3 Å². The second-order valence-electron chi connectivity index (χ2n) is 6.26. The molecule has 142 valence electrons. The third-order valence-corrected chi connectivity index (χ3v) is 3.83. The van der Waals surface area contributed by atoms with Gasteiger partial charge in [-0.1, -0.05) is 6.07 Å². The number of hydrogen-bond donors (Lipinski definition) is 2. The van der Waals surface area contributed by atoms with Gasteiger partial charge in [0.15, 0.2) is 0 Å². The number of nitrogens with one attached hydrogen (secondary N) is 2. The molecule has 2 N–H and O–H groups in total. The Hall–Kier alpha value is -1.47. The number of ether oxygens (including phenoxy) is 1. The van der Waals surface area contributed by atoms with Crippen molar-refractivity contribution in [2.45, 2.75) is 58.0 Å². The normalized spacial score (nSPS) is 17.3. The van der Waals surface area contributed by atoms with Gasteiger partial charge in [0.1, 0.15) is 5.75 Å². The van der Waals surface area contributed by atoms with E-state index in [-0.39, 0.29) is 54.7 Å². The van der Waals surface area contributed by atoms with Gasteiger partial charge >= 0.3 is 6.18 Å². The van der Waals surface area contributed by atoms with Gasteiger partial charge in [-0.25, -0.2) is 0 Å². The Bertz CT molecular complexity index is 574. The summed E-state index contributed by atoms with van der Waals surface area (Å²) < 4.78 is 45.0. The van der Waals surface area contributed by atoms with Crippen LogP contribution in [0.25, 0.3) is 0 Å². The van der Waals surface area contributed by atoms with Crippen LogP contribution in [0.4, 0.5) is 13.2 Å². The molecule has 0 aliphatic carbocycles. The van der Waals surface area contributed by atoms with E-state index in [2.05, 4.69) is 10.6 Å². The van der Waals surface area contributed by atoms with Gasteiger partial charge in [0.05, 0.1) is 11.7 Å². The summed E-state index contributed by atoms with van der Waals surface area (Å²) in [4.78, 5) is 11.9. The lowest BCUT2D eigenvalue weighted by molar-refractivity contribution is -0.138. The highest BCUT2D eigenvalue weighted by Gasteiger charge is 2.34. The number of amides is 1. The van der Waals surface area contributed by atoms with Gasteiger partial charge in [-0.2, -0.15) is 13.2 Å². The van der Waals surface area contributed by atoms with Crippen LogP contribution in [0.3, 0.4) is 0 Å². The van der Waals surface area contributed by atoms with Gasteiger partial charge in [0.2, 0.25) is 5.91 Å². The van der Waals surface area contributed by atoms with Crippen LogP contribution in [-0.2, 0) is 17.5 Å². The average Bonchev–Trinajstić information content (AvgIpc) is 2.97. The molecule has 1 aromatic carbocycles. The van der Waals surface area contributed by atoms with Crippen LogP contribution in [0.1, 0.15) is 44.2 Å². The zero-order valence-corrected chi connectivity index (χ0v) is 15.1. The smallest absolute Gasteiger partial charge is 0.416 e. The minimum atomic E-state index is -4.50. The van der Waals surface area contributed by atoms with E-state index >= 15 is 0 Å². The van der Waals surface area contributed by atoms with Crippen molar-refractivity contribution in [2.24, 2.45) is 0 Å². The monoisotopic (exact) mass is 380 g/mol. The minimum absolute atomic E-state index is 0. The van der Waals surface area contributed by atoms with Crippen LogP contribution in [-0.4, -0.2) is 24.6 Å². The van der Waals surface area contributed by atoms with Crippen molar-refractivity contribution >= 4 is 18.3 Å². The van der Waals surface area contributed by atoms with E-state index in [1.165, 1.54) is 12.1 Å². The van der Waals surface area contributed by atoms with Gasteiger partial charge in [0, 0.05) is 19.0 Å². The fraction of sp³-hybridized carbons (Fsp3) is 0.588. The summed E-state index contributed by atoms with van der Waals surface area (Å²) in [6, 6.07) is 3.96. The third-order valence-electron chi connectivity index (χ3n) is 3.83. The molecular weight excluding hydrogens is 357 g/mol. The lowest BCUT2D eigenvalue weighted by atomic mass is 10.1. The highest BCUT2D eigenvalue weighted by atomic mass is 35.5. The average molecular weight is 381 g/mol. The van der Waals surface area contributed by atoms with Crippen molar-refractivity contribution in [3.63, 3.8) is 0 Å². The molecule has 0 bridgehead atoms. The maximum atomic E-state index is 13.2.